The Bertz CT molecular complexity index is 804. The number of ether oxygens (including phenoxy) is 4. The van der Waals surface area contributed by atoms with Crippen LogP contribution in [0.4, 0.5) is 0 Å². The summed E-state index contributed by atoms with van der Waals surface area (Å²) in [4.78, 5) is 0. The zero-order chi connectivity index (χ0) is 20.4. The zero-order valence-corrected chi connectivity index (χ0v) is 18.3. The van der Waals surface area contributed by atoms with Gasteiger partial charge in [-0.3, -0.25) is 0 Å². The second-order valence-electron chi connectivity index (χ2n) is 7.82. The van der Waals surface area contributed by atoms with Gasteiger partial charge in [-0.2, -0.15) is 0 Å². The van der Waals surface area contributed by atoms with Crippen molar-refractivity contribution in [2.24, 2.45) is 0 Å². The lowest BCUT2D eigenvalue weighted by atomic mass is 10.1. The number of epoxide rings is 2. The zero-order valence-electron chi connectivity index (χ0n) is 16.8. The van der Waals surface area contributed by atoms with E-state index in [0.717, 1.165) is 71.3 Å². The molecule has 29 heavy (non-hydrogen) atoms. The lowest BCUT2D eigenvalue weighted by Crippen LogP contribution is -2.09. The highest BCUT2D eigenvalue weighted by Crippen LogP contribution is 2.34. The summed E-state index contributed by atoms with van der Waals surface area (Å²) < 4.78 is 22.9. The van der Waals surface area contributed by atoms with E-state index in [4.69, 9.17) is 42.1 Å². The largest absolute Gasteiger partial charge is 0.493 e. The molecule has 0 spiro atoms. The summed E-state index contributed by atoms with van der Waals surface area (Å²) in [5.41, 5.74) is 4.39. The Morgan fingerprint density at radius 2 is 1.45 bits per heavy atom. The average molecular weight is 437 g/mol. The van der Waals surface area contributed by atoms with Gasteiger partial charge in [0.05, 0.1) is 43.7 Å². The molecule has 0 saturated carbocycles. The van der Waals surface area contributed by atoms with Gasteiger partial charge in [-0.25, -0.2) is 0 Å². The molecule has 2 saturated heterocycles. The fourth-order valence-corrected chi connectivity index (χ4v) is 4.18. The average Bonchev–Trinajstić information content (AvgIpc) is 3.55. The molecule has 2 aromatic rings. The summed E-state index contributed by atoms with van der Waals surface area (Å²) in [6.07, 6.45) is 3.00. The third-order valence-electron chi connectivity index (χ3n) is 5.06. The molecule has 4 nitrogen and oxygen atoms in total. The van der Waals surface area contributed by atoms with E-state index in [1.807, 2.05) is 32.0 Å². The molecule has 2 heterocycles. The normalized spacial score (nSPS) is 19.9. The van der Waals surface area contributed by atoms with Crippen LogP contribution in [0, 0.1) is 13.8 Å². The first-order chi connectivity index (χ1) is 14.0. The second-order valence-corrected chi connectivity index (χ2v) is 8.66. The third-order valence-corrected chi connectivity index (χ3v) is 5.56. The van der Waals surface area contributed by atoms with Crippen molar-refractivity contribution in [3.63, 3.8) is 0 Å². The van der Waals surface area contributed by atoms with Gasteiger partial charge in [0.1, 0.15) is 11.5 Å². The van der Waals surface area contributed by atoms with Crippen molar-refractivity contribution in [1.29, 1.82) is 0 Å². The van der Waals surface area contributed by atoms with Gasteiger partial charge < -0.3 is 18.9 Å². The van der Waals surface area contributed by atoms with Crippen molar-refractivity contribution in [1.82, 2.24) is 0 Å². The quantitative estimate of drug-likeness (QED) is 0.372. The highest BCUT2D eigenvalue weighted by Gasteiger charge is 2.26. The lowest BCUT2D eigenvalue weighted by Gasteiger charge is -2.16. The molecule has 2 aromatic carbocycles. The number of aryl methyl sites for hydroxylation is 2. The monoisotopic (exact) mass is 436 g/mol. The molecular weight excluding hydrogens is 411 g/mol. The summed E-state index contributed by atoms with van der Waals surface area (Å²) in [5.74, 6) is 1.67. The Morgan fingerprint density at radius 3 is 2.07 bits per heavy atom. The van der Waals surface area contributed by atoms with Crippen LogP contribution in [-0.2, 0) is 22.3 Å². The molecule has 2 atom stereocenters. The first kappa shape index (κ1) is 20.8. The molecule has 2 fully saturated rings. The summed E-state index contributed by atoms with van der Waals surface area (Å²) in [7, 11) is 0. The number of benzene rings is 2. The highest BCUT2D eigenvalue weighted by molar-refractivity contribution is 6.32. The molecule has 0 aliphatic carbocycles. The molecule has 0 amide bonds. The summed E-state index contributed by atoms with van der Waals surface area (Å²) in [5, 5.41) is 1.39. The molecule has 156 valence electrons. The Balaban J connectivity index is 1.33. The van der Waals surface area contributed by atoms with Crippen LogP contribution in [0.5, 0.6) is 11.5 Å². The SMILES string of the molecule is Cc1cc(Cl)c(OCCCOc2c(C)cc(Cl)cc2CC2CO2)c(CC2CO2)c1. The van der Waals surface area contributed by atoms with Crippen LogP contribution in [0.1, 0.15) is 28.7 Å². The molecule has 4 rings (SSSR count). The summed E-state index contributed by atoms with van der Waals surface area (Å²) >= 11 is 12.7. The first-order valence-corrected chi connectivity index (χ1v) is 10.8. The molecule has 2 aliphatic heterocycles. The van der Waals surface area contributed by atoms with Crippen LogP contribution in [0.2, 0.25) is 10.0 Å². The Hall–Kier alpha value is -1.46. The number of hydrogen-bond acceptors (Lipinski definition) is 4. The minimum atomic E-state index is 0.288. The van der Waals surface area contributed by atoms with E-state index >= 15 is 0 Å². The Labute approximate surface area is 182 Å². The number of halogens is 2. The first-order valence-electron chi connectivity index (χ1n) is 10.1. The molecule has 2 aliphatic rings. The van der Waals surface area contributed by atoms with Crippen LogP contribution in [0.3, 0.4) is 0 Å². The standard InChI is InChI=1S/C23H26Cl2O4/c1-14-6-16(10-19-12-28-19)23(21(25)7-14)27-5-3-4-26-22-15(2)8-18(24)9-17(22)11-20-13-29-20/h6-9,19-20H,3-5,10-13H2,1-2H3. The second kappa shape index (κ2) is 9.13. The van der Waals surface area contributed by atoms with Crippen molar-refractivity contribution < 1.29 is 18.9 Å². The molecule has 6 heteroatoms. The van der Waals surface area contributed by atoms with E-state index < -0.39 is 0 Å². The van der Waals surface area contributed by atoms with Gasteiger partial charge in [0.15, 0.2) is 0 Å². The molecule has 0 N–H and O–H groups in total. The van der Waals surface area contributed by atoms with Gasteiger partial charge in [0.2, 0.25) is 0 Å². The van der Waals surface area contributed by atoms with Crippen molar-refractivity contribution in [2.75, 3.05) is 26.4 Å². The van der Waals surface area contributed by atoms with Crippen molar-refractivity contribution in [3.8, 4) is 11.5 Å². The van der Waals surface area contributed by atoms with Gasteiger partial charge in [0.25, 0.3) is 0 Å². The van der Waals surface area contributed by atoms with Crippen molar-refractivity contribution in [3.05, 3.63) is 56.6 Å². The summed E-state index contributed by atoms with van der Waals surface area (Å²) in [6.45, 7) is 6.78. The van der Waals surface area contributed by atoms with E-state index in [-0.39, 0.29) is 6.10 Å². The fourth-order valence-electron chi connectivity index (χ4n) is 3.54. The van der Waals surface area contributed by atoms with Crippen molar-refractivity contribution >= 4 is 23.2 Å². The smallest absolute Gasteiger partial charge is 0.141 e. The third kappa shape index (κ3) is 5.79. The maximum Gasteiger partial charge on any atom is 0.141 e. The maximum atomic E-state index is 6.44. The molecule has 0 bridgehead atoms. The molecule has 0 radical (unpaired) electrons. The van der Waals surface area contributed by atoms with E-state index in [9.17, 15) is 0 Å². The topological polar surface area (TPSA) is 43.5 Å². The lowest BCUT2D eigenvalue weighted by molar-refractivity contribution is 0.243. The van der Waals surface area contributed by atoms with Crippen LogP contribution in [-0.4, -0.2) is 38.6 Å². The van der Waals surface area contributed by atoms with E-state index in [1.54, 1.807) is 0 Å². The predicted molar refractivity (Wildman–Crippen MR) is 115 cm³/mol. The van der Waals surface area contributed by atoms with Crippen LogP contribution < -0.4 is 9.47 Å². The Morgan fingerprint density at radius 1 is 0.862 bits per heavy atom. The van der Waals surface area contributed by atoms with Gasteiger partial charge in [-0.15, -0.1) is 0 Å². The van der Waals surface area contributed by atoms with Crippen molar-refractivity contribution in [2.45, 2.75) is 45.3 Å². The molecule has 2 unspecified atom stereocenters. The highest BCUT2D eigenvalue weighted by atomic mass is 35.5. The fraction of sp³-hybridized carbons (Fsp3) is 0.478. The molecular formula is C23H26Cl2O4. The minimum Gasteiger partial charge on any atom is -0.493 e. The molecule has 0 aromatic heterocycles. The van der Waals surface area contributed by atoms with E-state index in [0.29, 0.717) is 24.3 Å². The Kier molecular flexibility index (Phi) is 6.55. The van der Waals surface area contributed by atoms with Gasteiger partial charge >= 0.3 is 0 Å². The van der Waals surface area contributed by atoms with Crippen LogP contribution in [0.25, 0.3) is 0 Å². The van der Waals surface area contributed by atoms with Gasteiger partial charge in [-0.05, 0) is 54.3 Å². The number of hydrogen-bond donors (Lipinski definition) is 0. The predicted octanol–water partition coefficient (Wildman–Crippen LogP) is 5.34. The van der Waals surface area contributed by atoms with E-state index in [1.165, 1.54) is 0 Å². The number of rotatable bonds is 10. The van der Waals surface area contributed by atoms with Gasteiger partial charge in [0, 0.05) is 24.3 Å². The minimum absolute atomic E-state index is 0.288. The maximum absolute atomic E-state index is 6.44. The van der Waals surface area contributed by atoms with E-state index in [2.05, 4.69) is 6.07 Å². The van der Waals surface area contributed by atoms with Crippen LogP contribution >= 0.6 is 23.2 Å². The van der Waals surface area contributed by atoms with Crippen LogP contribution in [0.15, 0.2) is 24.3 Å². The summed E-state index contributed by atoms with van der Waals surface area (Å²) in [6, 6.07) is 7.97. The van der Waals surface area contributed by atoms with Gasteiger partial charge in [-0.1, -0.05) is 29.3 Å².